The fourth-order valence-electron chi connectivity index (χ4n) is 2.80. The molecule has 0 aliphatic heterocycles. The van der Waals surface area contributed by atoms with E-state index in [1.165, 1.54) is 46.3 Å². The molecule has 0 aliphatic carbocycles. The van der Waals surface area contributed by atoms with Crippen LogP contribution >= 0.6 is 0 Å². The maximum absolute atomic E-state index is 12.6. The van der Waals surface area contributed by atoms with Crippen LogP contribution in [0.25, 0.3) is 0 Å². The third-order valence-corrected chi connectivity index (χ3v) is 5.99. The molecule has 9 heteroatoms. The van der Waals surface area contributed by atoms with Crippen molar-refractivity contribution in [3.05, 3.63) is 23.8 Å². The summed E-state index contributed by atoms with van der Waals surface area (Å²) in [5.74, 6) is -0.987. The number of ether oxygens (including phenoxy) is 2. The van der Waals surface area contributed by atoms with E-state index < -0.39 is 22.1 Å². The Morgan fingerprint density at radius 1 is 1.00 bits per heavy atom. The molecule has 0 spiro atoms. The molecule has 0 unspecified atom stereocenters. The van der Waals surface area contributed by atoms with Crippen LogP contribution in [-0.2, 0) is 19.6 Å². The van der Waals surface area contributed by atoms with Crippen molar-refractivity contribution in [2.75, 3.05) is 21.2 Å². The van der Waals surface area contributed by atoms with E-state index in [9.17, 15) is 18.0 Å². The van der Waals surface area contributed by atoms with E-state index in [2.05, 4.69) is 0 Å². The van der Waals surface area contributed by atoms with Crippen molar-refractivity contribution in [1.82, 2.24) is 9.21 Å². The first-order valence-corrected chi connectivity index (χ1v) is 10.4. The molecule has 1 aromatic rings. The average molecular weight is 415 g/mol. The van der Waals surface area contributed by atoms with E-state index >= 15 is 0 Å². The van der Waals surface area contributed by atoms with E-state index in [-0.39, 0.29) is 34.2 Å². The highest BCUT2D eigenvalue weighted by atomic mass is 32.2. The fourth-order valence-corrected chi connectivity index (χ4v) is 3.87. The SMILES string of the molecule is COc1ccc(C(=O)O[C@@H](C)C(=O)N(C(C)C)C(C)C)cc1S(=O)(=O)N(C)C. The van der Waals surface area contributed by atoms with Gasteiger partial charge in [0.05, 0.1) is 12.7 Å². The van der Waals surface area contributed by atoms with Gasteiger partial charge in [-0.25, -0.2) is 17.5 Å². The summed E-state index contributed by atoms with van der Waals surface area (Å²) in [4.78, 5) is 26.6. The monoisotopic (exact) mass is 414 g/mol. The van der Waals surface area contributed by atoms with Crippen LogP contribution in [0.5, 0.6) is 5.75 Å². The molecule has 1 atom stereocenters. The summed E-state index contributed by atoms with van der Waals surface area (Å²) in [7, 11) is 0.275. The molecular formula is C19H30N2O6S. The summed E-state index contributed by atoms with van der Waals surface area (Å²) in [6.07, 6.45) is -1.01. The number of carbonyl (C=O) groups is 2. The Hall–Kier alpha value is -2.13. The number of sulfonamides is 1. The van der Waals surface area contributed by atoms with E-state index in [4.69, 9.17) is 9.47 Å². The van der Waals surface area contributed by atoms with Gasteiger partial charge in [0.1, 0.15) is 10.6 Å². The zero-order chi connectivity index (χ0) is 21.8. The number of carbonyl (C=O) groups excluding carboxylic acids is 2. The molecule has 0 saturated carbocycles. The molecule has 1 aromatic carbocycles. The Kier molecular flexibility index (Phi) is 8.01. The van der Waals surface area contributed by atoms with Crippen LogP contribution < -0.4 is 4.74 Å². The first kappa shape index (κ1) is 23.9. The van der Waals surface area contributed by atoms with Crippen LogP contribution in [-0.4, -0.2) is 68.9 Å². The number of hydrogen-bond acceptors (Lipinski definition) is 6. The normalized spacial score (nSPS) is 13.0. The van der Waals surface area contributed by atoms with Gasteiger partial charge in [0.15, 0.2) is 6.10 Å². The van der Waals surface area contributed by atoms with Crippen LogP contribution in [0.3, 0.4) is 0 Å². The molecule has 28 heavy (non-hydrogen) atoms. The van der Waals surface area contributed by atoms with Gasteiger partial charge in [-0.1, -0.05) is 0 Å². The van der Waals surface area contributed by atoms with Crippen molar-refractivity contribution in [2.45, 2.75) is 57.7 Å². The van der Waals surface area contributed by atoms with Crippen LogP contribution in [0.4, 0.5) is 0 Å². The Balaban J connectivity index is 3.15. The summed E-state index contributed by atoms with van der Waals surface area (Å²) in [6, 6.07) is 3.87. The van der Waals surface area contributed by atoms with Crippen LogP contribution in [0.1, 0.15) is 45.0 Å². The Morgan fingerprint density at radius 3 is 1.96 bits per heavy atom. The highest BCUT2D eigenvalue weighted by molar-refractivity contribution is 7.89. The zero-order valence-corrected chi connectivity index (χ0v) is 18.5. The second kappa shape index (κ2) is 9.38. The van der Waals surface area contributed by atoms with Gasteiger partial charge >= 0.3 is 5.97 Å². The molecule has 0 bridgehead atoms. The quantitative estimate of drug-likeness (QED) is 0.605. The van der Waals surface area contributed by atoms with Gasteiger partial charge in [0.25, 0.3) is 5.91 Å². The molecular weight excluding hydrogens is 384 g/mol. The Morgan fingerprint density at radius 2 is 1.54 bits per heavy atom. The lowest BCUT2D eigenvalue weighted by Gasteiger charge is -2.32. The molecule has 8 nitrogen and oxygen atoms in total. The summed E-state index contributed by atoms with van der Waals surface area (Å²) >= 11 is 0. The molecule has 158 valence electrons. The Bertz CT molecular complexity index is 810. The van der Waals surface area contributed by atoms with Gasteiger partial charge < -0.3 is 14.4 Å². The van der Waals surface area contributed by atoms with Crippen molar-refractivity contribution in [1.29, 1.82) is 0 Å². The topological polar surface area (TPSA) is 93.2 Å². The number of rotatable bonds is 8. The lowest BCUT2D eigenvalue weighted by atomic mass is 10.2. The van der Waals surface area contributed by atoms with Gasteiger partial charge in [0.2, 0.25) is 10.0 Å². The minimum atomic E-state index is -3.83. The van der Waals surface area contributed by atoms with Crippen LogP contribution in [0, 0.1) is 0 Å². The molecule has 0 fully saturated rings. The molecule has 1 amide bonds. The molecule has 1 rings (SSSR count). The average Bonchev–Trinajstić information content (AvgIpc) is 2.59. The summed E-state index contributed by atoms with van der Waals surface area (Å²) < 4.78 is 36.4. The standard InChI is InChI=1S/C19H30N2O6S/c1-12(2)21(13(3)4)18(22)14(5)27-19(23)15-9-10-16(26-8)17(11-15)28(24,25)20(6)7/h9-14H,1-8H3/t14-/m0/s1. The molecule has 0 heterocycles. The van der Waals surface area contributed by atoms with E-state index in [1.54, 1.807) is 4.90 Å². The largest absolute Gasteiger partial charge is 0.495 e. The lowest BCUT2D eigenvalue weighted by molar-refractivity contribution is -0.143. The predicted molar refractivity (Wildman–Crippen MR) is 106 cm³/mol. The summed E-state index contributed by atoms with van der Waals surface area (Å²) in [5, 5.41) is 0. The number of esters is 1. The summed E-state index contributed by atoms with van der Waals surface area (Å²) in [6.45, 7) is 9.03. The fraction of sp³-hybridized carbons (Fsp3) is 0.579. The van der Waals surface area contributed by atoms with Crippen LogP contribution in [0.2, 0.25) is 0 Å². The van der Waals surface area contributed by atoms with Crippen molar-refractivity contribution < 1.29 is 27.5 Å². The van der Waals surface area contributed by atoms with Crippen molar-refractivity contribution in [3.8, 4) is 5.75 Å². The highest BCUT2D eigenvalue weighted by Crippen LogP contribution is 2.27. The number of nitrogens with zero attached hydrogens (tertiary/aromatic N) is 2. The maximum Gasteiger partial charge on any atom is 0.338 e. The number of benzene rings is 1. The molecule has 0 saturated heterocycles. The zero-order valence-electron chi connectivity index (χ0n) is 17.7. The van der Waals surface area contributed by atoms with Gasteiger partial charge in [0, 0.05) is 26.2 Å². The predicted octanol–water partition coefficient (Wildman–Crippen LogP) is 2.14. The number of hydrogen-bond donors (Lipinski definition) is 0. The first-order chi connectivity index (χ1) is 12.8. The lowest BCUT2D eigenvalue weighted by Crippen LogP contribution is -2.47. The smallest absolute Gasteiger partial charge is 0.338 e. The molecule has 0 aromatic heterocycles. The van der Waals surface area contributed by atoms with Crippen LogP contribution in [0.15, 0.2) is 23.1 Å². The van der Waals surface area contributed by atoms with Gasteiger partial charge in [-0.2, -0.15) is 0 Å². The number of amides is 1. The van der Waals surface area contributed by atoms with E-state index in [0.29, 0.717) is 0 Å². The molecule has 0 aliphatic rings. The minimum absolute atomic E-state index is 0.0153. The third kappa shape index (κ3) is 5.23. The summed E-state index contributed by atoms with van der Waals surface area (Å²) in [5.41, 5.74) is 0.0153. The van der Waals surface area contributed by atoms with E-state index in [0.717, 1.165) is 4.31 Å². The van der Waals surface area contributed by atoms with Gasteiger partial charge in [-0.3, -0.25) is 4.79 Å². The van der Waals surface area contributed by atoms with E-state index in [1.807, 2.05) is 27.7 Å². The third-order valence-electron chi connectivity index (χ3n) is 4.16. The minimum Gasteiger partial charge on any atom is -0.495 e. The van der Waals surface area contributed by atoms with Gasteiger partial charge in [-0.05, 0) is 52.8 Å². The van der Waals surface area contributed by atoms with Crippen molar-refractivity contribution in [3.63, 3.8) is 0 Å². The molecule has 0 N–H and O–H groups in total. The highest BCUT2D eigenvalue weighted by Gasteiger charge is 2.29. The van der Waals surface area contributed by atoms with Crippen molar-refractivity contribution in [2.24, 2.45) is 0 Å². The van der Waals surface area contributed by atoms with Crippen molar-refractivity contribution >= 4 is 21.9 Å². The Labute approximate surface area is 167 Å². The van der Waals surface area contributed by atoms with Gasteiger partial charge in [-0.15, -0.1) is 0 Å². The second-order valence-corrected chi connectivity index (χ2v) is 9.25. The number of methoxy groups -OCH3 is 1. The first-order valence-electron chi connectivity index (χ1n) is 8.98. The second-order valence-electron chi connectivity index (χ2n) is 7.13. The maximum atomic E-state index is 12.6. The molecule has 0 radical (unpaired) electrons.